The molecular formula is C19H24N2O2. The van der Waals surface area contributed by atoms with Gasteiger partial charge in [-0.25, -0.2) is 0 Å². The first-order chi connectivity index (χ1) is 11.2. The number of rotatable bonds is 5. The van der Waals surface area contributed by atoms with E-state index in [4.69, 9.17) is 4.74 Å². The molecule has 0 aliphatic carbocycles. The summed E-state index contributed by atoms with van der Waals surface area (Å²) in [4.78, 5) is 14.8. The highest BCUT2D eigenvalue weighted by molar-refractivity contribution is 5.98. The van der Waals surface area contributed by atoms with Crippen LogP contribution in [-0.2, 0) is 0 Å². The average Bonchev–Trinajstić information content (AvgIpc) is 3.06. The lowest BCUT2D eigenvalue weighted by Crippen LogP contribution is -2.40. The number of fused-ring (bicyclic) bond motifs is 1. The van der Waals surface area contributed by atoms with Crippen molar-refractivity contribution in [1.29, 1.82) is 0 Å². The van der Waals surface area contributed by atoms with E-state index in [0.29, 0.717) is 11.6 Å². The molecule has 1 aliphatic heterocycles. The minimum absolute atomic E-state index is 0.00525. The fourth-order valence-electron chi connectivity index (χ4n) is 3.35. The molecule has 1 aliphatic rings. The van der Waals surface area contributed by atoms with Crippen LogP contribution in [0.25, 0.3) is 10.8 Å². The minimum Gasteiger partial charge on any atom is -0.497 e. The number of likely N-dealkylation sites (tertiary alicyclic amines) is 1. The predicted octanol–water partition coefficient (Wildman–Crippen LogP) is 3.06. The van der Waals surface area contributed by atoms with Gasteiger partial charge < -0.3 is 10.1 Å². The first-order valence-electron chi connectivity index (χ1n) is 8.31. The Kier molecular flexibility index (Phi) is 4.82. The summed E-state index contributed by atoms with van der Waals surface area (Å²) in [5.74, 6) is 0.835. The number of likely N-dealkylation sites (N-methyl/N-ethyl adjacent to an activating group) is 1. The first-order valence-corrected chi connectivity index (χ1v) is 8.31. The molecule has 4 heteroatoms. The summed E-state index contributed by atoms with van der Waals surface area (Å²) in [6, 6.07) is 12.2. The first kappa shape index (κ1) is 15.8. The third-order valence-electron chi connectivity index (χ3n) is 4.71. The van der Waals surface area contributed by atoms with Crippen LogP contribution in [0, 0.1) is 0 Å². The van der Waals surface area contributed by atoms with Gasteiger partial charge in [-0.05, 0) is 61.0 Å². The van der Waals surface area contributed by atoms with E-state index in [1.807, 2.05) is 36.4 Å². The van der Waals surface area contributed by atoms with Crippen molar-refractivity contribution in [3.05, 3.63) is 42.0 Å². The molecule has 1 N–H and O–H groups in total. The summed E-state index contributed by atoms with van der Waals surface area (Å²) in [6.07, 6.45) is 2.40. The van der Waals surface area contributed by atoms with Crippen LogP contribution >= 0.6 is 0 Å². The van der Waals surface area contributed by atoms with Crippen LogP contribution in [0.1, 0.15) is 30.1 Å². The Morgan fingerprint density at radius 3 is 2.83 bits per heavy atom. The number of nitrogens with one attached hydrogen (secondary N) is 1. The molecule has 0 unspecified atom stereocenters. The summed E-state index contributed by atoms with van der Waals surface area (Å²) >= 11 is 0. The SMILES string of the molecule is CCN1CCC[C@@H]1CNC(=O)c1ccc2cc(OC)ccc2c1. The average molecular weight is 312 g/mol. The van der Waals surface area contributed by atoms with Crippen LogP contribution in [0.3, 0.4) is 0 Å². The molecule has 0 aromatic heterocycles. The maximum absolute atomic E-state index is 12.4. The monoisotopic (exact) mass is 312 g/mol. The van der Waals surface area contributed by atoms with Gasteiger partial charge in [-0.1, -0.05) is 19.1 Å². The molecule has 0 bridgehead atoms. The standard InChI is InChI=1S/C19H24N2O2/c1-3-21-10-4-5-17(21)13-20-19(22)16-7-6-15-12-18(23-2)9-8-14(15)11-16/h6-9,11-12,17H,3-5,10,13H2,1-2H3,(H,20,22)/t17-/m1/s1. The van der Waals surface area contributed by atoms with Crippen molar-refractivity contribution in [3.63, 3.8) is 0 Å². The number of nitrogens with zero attached hydrogens (tertiary/aromatic N) is 1. The summed E-state index contributed by atoms with van der Waals surface area (Å²) in [7, 11) is 1.66. The smallest absolute Gasteiger partial charge is 0.251 e. The molecular weight excluding hydrogens is 288 g/mol. The second-order valence-corrected chi connectivity index (χ2v) is 6.06. The van der Waals surface area contributed by atoms with Gasteiger partial charge in [0.25, 0.3) is 5.91 Å². The molecule has 2 aromatic rings. The Balaban J connectivity index is 1.68. The van der Waals surface area contributed by atoms with E-state index in [2.05, 4.69) is 17.1 Å². The molecule has 0 saturated carbocycles. The number of ether oxygens (including phenoxy) is 1. The largest absolute Gasteiger partial charge is 0.497 e. The van der Waals surface area contributed by atoms with Gasteiger partial charge in [-0.3, -0.25) is 9.69 Å². The Morgan fingerprint density at radius 1 is 1.26 bits per heavy atom. The molecule has 1 atom stereocenters. The number of hydrogen-bond acceptors (Lipinski definition) is 3. The van der Waals surface area contributed by atoms with Crippen LogP contribution < -0.4 is 10.1 Å². The van der Waals surface area contributed by atoms with Crippen molar-refractivity contribution < 1.29 is 9.53 Å². The van der Waals surface area contributed by atoms with Gasteiger partial charge in [0.1, 0.15) is 5.75 Å². The van der Waals surface area contributed by atoms with Crippen molar-refractivity contribution in [2.75, 3.05) is 26.7 Å². The van der Waals surface area contributed by atoms with Crippen LogP contribution in [0.4, 0.5) is 0 Å². The number of hydrogen-bond donors (Lipinski definition) is 1. The van der Waals surface area contributed by atoms with Crippen LogP contribution in [0.2, 0.25) is 0 Å². The van der Waals surface area contributed by atoms with Crippen molar-refractivity contribution in [2.45, 2.75) is 25.8 Å². The van der Waals surface area contributed by atoms with Gasteiger partial charge in [0.2, 0.25) is 0 Å². The molecule has 1 fully saturated rings. The molecule has 2 aromatic carbocycles. The lowest BCUT2D eigenvalue weighted by atomic mass is 10.1. The van der Waals surface area contributed by atoms with E-state index in [1.54, 1.807) is 7.11 Å². The van der Waals surface area contributed by atoms with Gasteiger partial charge in [0.05, 0.1) is 7.11 Å². The number of benzene rings is 2. The second kappa shape index (κ2) is 7.01. The third-order valence-corrected chi connectivity index (χ3v) is 4.71. The van der Waals surface area contributed by atoms with E-state index in [1.165, 1.54) is 12.8 Å². The number of carbonyl (C=O) groups is 1. The van der Waals surface area contributed by atoms with Gasteiger partial charge in [-0.2, -0.15) is 0 Å². The van der Waals surface area contributed by atoms with E-state index in [0.717, 1.165) is 36.2 Å². The summed E-state index contributed by atoms with van der Waals surface area (Å²) in [5, 5.41) is 5.22. The molecule has 0 radical (unpaired) electrons. The van der Waals surface area contributed by atoms with E-state index in [-0.39, 0.29) is 5.91 Å². The summed E-state index contributed by atoms with van der Waals surface area (Å²) < 4.78 is 5.23. The van der Waals surface area contributed by atoms with Crippen LogP contribution in [0.5, 0.6) is 5.75 Å². The van der Waals surface area contributed by atoms with E-state index >= 15 is 0 Å². The fourth-order valence-corrected chi connectivity index (χ4v) is 3.35. The number of carbonyl (C=O) groups excluding carboxylic acids is 1. The highest BCUT2D eigenvalue weighted by atomic mass is 16.5. The summed E-state index contributed by atoms with van der Waals surface area (Å²) in [5.41, 5.74) is 0.712. The molecule has 1 saturated heterocycles. The molecule has 1 heterocycles. The van der Waals surface area contributed by atoms with E-state index in [9.17, 15) is 4.79 Å². The highest BCUT2D eigenvalue weighted by Gasteiger charge is 2.23. The van der Waals surface area contributed by atoms with Crippen LogP contribution in [0.15, 0.2) is 36.4 Å². The Labute approximate surface area is 137 Å². The van der Waals surface area contributed by atoms with Crippen LogP contribution in [-0.4, -0.2) is 43.6 Å². The normalized spacial score (nSPS) is 18.3. The maximum atomic E-state index is 12.4. The quantitative estimate of drug-likeness (QED) is 0.922. The zero-order valence-electron chi connectivity index (χ0n) is 13.8. The Morgan fingerprint density at radius 2 is 2.04 bits per heavy atom. The minimum atomic E-state index is 0.00525. The lowest BCUT2D eigenvalue weighted by molar-refractivity contribution is 0.0941. The zero-order chi connectivity index (χ0) is 16.2. The van der Waals surface area contributed by atoms with Crippen molar-refractivity contribution >= 4 is 16.7 Å². The zero-order valence-corrected chi connectivity index (χ0v) is 13.8. The molecule has 4 nitrogen and oxygen atoms in total. The van der Waals surface area contributed by atoms with Crippen molar-refractivity contribution in [1.82, 2.24) is 10.2 Å². The lowest BCUT2D eigenvalue weighted by Gasteiger charge is -2.22. The Bertz CT molecular complexity index is 699. The Hall–Kier alpha value is -2.07. The predicted molar refractivity (Wildman–Crippen MR) is 93.1 cm³/mol. The summed E-state index contributed by atoms with van der Waals surface area (Å²) in [6.45, 7) is 5.11. The second-order valence-electron chi connectivity index (χ2n) is 6.06. The third kappa shape index (κ3) is 3.48. The molecule has 23 heavy (non-hydrogen) atoms. The van der Waals surface area contributed by atoms with Gasteiger partial charge in [0, 0.05) is 18.2 Å². The molecule has 1 amide bonds. The molecule has 3 rings (SSSR count). The topological polar surface area (TPSA) is 41.6 Å². The van der Waals surface area contributed by atoms with Crippen molar-refractivity contribution in [2.24, 2.45) is 0 Å². The molecule has 0 spiro atoms. The van der Waals surface area contributed by atoms with Crippen molar-refractivity contribution in [3.8, 4) is 5.75 Å². The fraction of sp³-hybridized carbons (Fsp3) is 0.421. The number of methoxy groups -OCH3 is 1. The number of amides is 1. The van der Waals surface area contributed by atoms with Gasteiger partial charge in [-0.15, -0.1) is 0 Å². The van der Waals surface area contributed by atoms with E-state index < -0.39 is 0 Å². The van der Waals surface area contributed by atoms with Gasteiger partial charge in [0.15, 0.2) is 0 Å². The highest BCUT2D eigenvalue weighted by Crippen LogP contribution is 2.22. The molecule has 122 valence electrons. The maximum Gasteiger partial charge on any atom is 0.251 e. The van der Waals surface area contributed by atoms with Gasteiger partial charge >= 0.3 is 0 Å².